The summed E-state index contributed by atoms with van der Waals surface area (Å²) in [5, 5.41) is 0. The van der Waals surface area contributed by atoms with Crippen LogP contribution in [-0.2, 0) is 16.4 Å². The van der Waals surface area contributed by atoms with Gasteiger partial charge in [0.1, 0.15) is 0 Å². The molecule has 5 nitrogen and oxygen atoms in total. The lowest BCUT2D eigenvalue weighted by molar-refractivity contribution is 0.458. The fraction of sp³-hybridized carbons (Fsp3) is 0.700. The molecule has 16 heavy (non-hydrogen) atoms. The molecule has 0 bridgehead atoms. The van der Waals surface area contributed by atoms with Crippen LogP contribution in [0.2, 0.25) is 0 Å². The van der Waals surface area contributed by atoms with Gasteiger partial charge in [0.05, 0.1) is 12.1 Å². The lowest BCUT2D eigenvalue weighted by Crippen LogP contribution is -2.33. The highest BCUT2D eigenvalue weighted by atomic mass is 32.2. The van der Waals surface area contributed by atoms with Crippen LogP contribution in [0.15, 0.2) is 12.5 Å². The van der Waals surface area contributed by atoms with E-state index >= 15 is 0 Å². The number of aromatic nitrogens is 2. The number of sulfonamides is 1. The summed E-state index contributed by atoms with van der Waals surface area (Å²) in [6.07, 6.45) is 3.90. The number of rotatable bonds is 5. The van der Waals surface area contributed by atoms with Crippen molar-refractivity contribution in [2.75, 3.05) is 12.3 Å². The molecule has 0 saturated heterocycles. The summed E-state index contributed by atoms with van der Waals surface area (Å²) in [6.45, 7) is 6.12. The van der Waals surface area contributed by atoms with Gasteiger partial charge in [-0.15, -0.1) is 0 Å². The van der Waals surface area contributed by atoms with Gasteiger partial charge in [-0.2, -0.15) is 0 Å². The quantitative estimate of drug-likeness (QED) is 0.810. The van der Waals surface area contributed by atoms with Gasteiger partial charge in [0.15, 0.2) is 0 Å². The molecule has 0 spiro atoms. The predicted molar refractivity (Wildman–Crippen MR) is 63.5 cm³/mol. The van der Waals surface area contributed by atoms with E-state index in [2.05, 4.69) is 14.7 Å². The molecule has 0 amide bonds. The first kappa shape index (κ1) is 13.2. The average molecular weight is 245 g/mol. The Morgan fingerprint density at radius 2 is 2.12 bits per heavy atom. The Morgan fingerprint density at radius 3 is 2.62 bits per heavy atom. The maximum absolute atomic E-state index is 11.6. The fourth-order valence-corrected chi connectivity index (χ4v) is 3.04. The largest absolute Gasteiger partial charge is 0.348 e. The smallest absolute Gasteiger partial charge is 0.212 e. The van der Waals surface area contributed by atoms with Gasteiger partial charge in [0.25, 0.3) is 0 Å². The second kappa shape index (κ2) is 4.97. The summed E-state index contributed by atoms with van der Waals surface area (Å²) >= 11 is 0. The summed E-state index contributed by atoms with van der Waals surface area (Å²) in [7, 11) is -3.18. The van der Waals surface area contributed by atoms with E-state index < -0.39 is 10.0 Å². The molecule has 0 aliphatic carbocycles. The van der Waals surface area contributed by atoms with Gasteiger partial charge in [-0.1, -0.05) is 20.8 Å². The van der Waals surface area contributed by atoms with E-state index in [4.69, 9.17) is 0 Å². The summed E-state index contributed by atoms with van der Waals surface area (Å²) in [5.41, 5.74) is 0.707. The maximum Gasteiger partial charge on any atom is 0.212 e. The molecule has 0 radical (unpaired) electrons. The van der Waals surface area contributed by atoms with Gasteiger partial charge in [-0.05, 0) is 5.41 Å². The van der Waals surface area contributed by atoms with E-state index in [1.54, 1.807) is 12.5 Å². The van der Waals surface area contributed by atoms with Crippen molar-refractivity contribution >= 4 is 10.0 Å². The topological polar surface area (TPSA) is 74.8 Å². The second-order valence-electron chi connectivity index (χ2n) is 5.04. The van der Waals surface area contributed by atoms with Crippen molar-refractivity contribution in [1.82, 2.24) is 14.7 Å². The van der Waals surface area contributed by atoms with Crippen molar-refractivity contribution in [2.24, 2.45) is 5.41 Å². The first-order chi connectivity index (χ1) is 7.29. The lowest BCUT2D eigenvalue weighted by atomic mass is 10.0. The van der Waals surface area contributed by atoms with E-state index in [0.717, 1.165) is 5.69 Å². The van der Waals surface area contributed by atoms with Crippen LogP contribution in [0, 0.1) is 5.41 Å². The van der Waals surface area contributed by atoms with Crippen LogP contribution >= 0.6 is 0 Å². The third-order valence-corrected chi connectivity index (χ3v) is 3.78. The van der Waals surface area contributed by atoms with Crippen molar-refractivity contribution in [1.29, 1.82) is 0 Å². The Kier molecular flexibility index (Phi) is 4.09. The maximum atomic E-state index is 11.6. The van der Waals surface area contributed by atoms with Crippen LogP contribution in [-0.4, -0.2) is 30.7 Å². The molecular formula is C10H19N3O2S. The predicted octanol–water partition coefficient (Wildman–Crippen LogP) is 0.918. The minimum atomic E-state index is -3.18. The van der Waals surface area contributed by atoms with Crippen molar-refractivity contribution in [2.45, 2.75) is 27.2 Å². The van der Waals surface area contributed by atoms with Crippen molar-refractivity contribution in [3.8, 4) is 0 Å². The third kappa shape index (κ3) is 5.27. The van der Waals surface area contributed by atoms with Gasteiger partial charge >= 0.3 is 0 Å². The SMILES string of the molecule is CC(C)(C)CS(=O)(=O)NCCc1cnc[nH]1. The van der Waals surface area contributed by atoms with E-state index in [-0.39, 0.29) is 11.2 Å². The molecule has 6 heteroatoms. The zero-order valence-electron chi connectivity index (χ0n) is 9.95. The zero-order chi connectivity index (χ0) is 12.2. The van der Waals surface area contributed by atoms with E-state index in [1.807, 2.05) is 20.8 Å². The molecule has 0 saturated carbocycles. The van der Waals surface area contributed by atoms with E-state index in [0.29, 0.717) is 13.0 Å². The van der Waals surface area contributed by atoms with Gasteiger partial charge in [0.2, 0.25) is 10.0 Å². The van der Waals surface area contributed by atoms with Crippen molar-refractivity contribution < 1.29 is 8.42 Å². The third-order valence-electron chi connectivity index (χ3n) is 1.89. The minimum absolute atomic E-state index is 0.142. The Morgan fingerprint density at radius 1 is 1.44 bits per heavy atom. The number of nitrogens with one attached hydrogen (secondary N) is 2. The van der Waals surface area contributed by atoms with Gasteiger partial charge in [0, 0.05) is 24.9 Å². The summed E-state index contributed by atoms with van der Waals surface area (Å²) in [6, 6.07) is 0. The molecule has 1 aromatic rings. The molecule has 1 rings (SSSR count). The Bertz CT molecular complexity index is 404. The Labute approximate surface area is 96.7 Å². The number of imidazole rings is 1. The number of hydrogen-bond donors (Lipinski definition) is 2. The highest BCUT2D eigenvalue weighted by Gasteiger charge is 2.20. The van der Waals surface area contributed by atoms with E-state index in [1.165, 1.54) is 0 Å². The van der Waals surface area contributed by atoms with Crippen LogP contribution in [0.4, 0.5) is 0 Å². The first-order valence-corrected chi connectivity index (χ1v) is 6.88. The van der Waals surface area contributed by atoms with E-state index in [9.17, 15) is 8.42 Å². The number of nitrogens with zero attached hydrogens (tertiary/aromatic N) is 1. The van der Waals surface area contributed by atoms with Crippen LogP contribution in [0.25, 0.3) is 0 Å². The molecule has 1 heterocycles. The van der Waals surface area contributed by atoms with Crippen LogP contribution in [0.5, 0.6) is 0 Å². The lowest BCUT2D eigenvalue weighted by Gasteiger charge is -2.18. The molecule has 0 aliphatic rings. The molecule has 0 aromatic carbocycles. The van der Waals surface area contributed by atoms with Crippen LogP contribution in [0.3, 0.4) is 0 Å². The normalized spacial score (nSPS) is 12.9. The standard InChI is InChI=1S/C10H19N3O2S/c1-10(2,3)7-16(14,15)13-5-4-9-6-11-8-12-9/h6,8,13H,4-5,7H2,1-3H3,(H,11,12). The number of aromatic amines is 1. The van der Waals surface area contributed by atoms with Gasteiger partial charge in [-0.3, -0.25) is 0 Å². The summed E-state index contributed by atoms with van der Waals surface area (Å²) in [5.74, 6) is 0.142. The highest BCUT2D eigenvalue weighted by molar-refractivity contribution is 7.89. The van der Waals surface area contributed by atoms with Gasteiger partial charge in [-0.25, -0.2) is 18.1 Å². The van der Waals surface area contributed by atoms with Crippen LogP contribution < -0.4 is 4.72 Å². The average Bonchev–Trinajstić information content (AvgIpc) is 2.51. The second-order valence-corrected chi connectivity index (χ2v) is 6.85. The zero-order valence-corrected chi connectivity index (χ0v) is 10.8. The Balaban J connectivity index is 2.37. The summed E-state index contributed by atoms with van der Waals surface area (Å²) < 4.78 is 25.9. The molecule has 0 fully saturated rings. The minimum Gasteiger partial charge on any atom is -0.348 e. The van der Waals surface area contributed by atoms with Gasteiger partial charge < -0.3 is 4.98 Å². The monoisotopic (exact) mass is 245 g/mol. The molecule has 1 aromatic heterocycles. The molecule has 2 N–H and O–H groups in total. The van der Waals surface area contributed by atoms with Crippen molar-refractivity contribution in [3.05, 3.63) is 18.2 Å². The van der Waals surface area contributed by atoms with Crippen molar-refractivity contribution in [3.63, 3.8) is 0 Å². The fourth-order valence-electron chi connectivity index (χ4n) is 1.38. The number of hydrogen-bond acceptors (Lipinski definition) is 3. The van der Waals surface area contributed by atoms with Crippen LogP contribution in [0.1, 0.15) is 26.5 Å². The molecule has 0 unspecified atom stereocenters. The molecular weight excluding hydrogens is 226 g/mol. The highest BCUT2D eigenvalue weighted by Crippen LogP contribution is 2.15. The Hall–Kier alpha value is -0.880. The molecule has 92 valence electrons. The number of H-pyrrole nitrogens is 1. The molecule has 0 atom stereocenters. The first-order valence-electron chi connectivity index (χ1n) is 5.23. The molecule has 0 aliphatic heterocycles. The summed E-state index contributed by atoms with van der Waals surface area (Å²) in [4.78, 5) is 6.79.